The predicted molar refractivity (Wildman–Crippen MR) is 156 cm³/mol. The Morgan fingerprint density at radius 1 is 1.16 bits per heavy atom. The van der Waals surface area contributed by atoms with E-state index in [0.717, 1.165) is 40.4 Å². The van der Waals surface area contributed by atoms with E-state index in [1.165, 1.54) is 0 Å². The molecule has 1 aromatic rings. The largest absolute Gasteiger partial charge is 0.480 e. The first-order chi connectivity index (χ1) is 17.7. The molecule has 37 heavy (non-hydrogen) atoms. The summed E-state index contributed by atoms with van der Waals surface area (Å²) >= 11 is 10.5. The lowest BCUT2D eigenvalue weighted by atomic mass is 9.73. The molecule has 7 nitrogen and oxygen atoms in total. The van der Waals surface area contributed by atoms with Gasteiger partial charge in [0.25, 0.3) is 5.91 Å². The number of benzene rings is 1. The van der Waals surface area contributed by atoms with Crippen molar-refractivity contribution in [3.63, 3.8) is 0 Å². The van der Waals surface area contributed by atoms with Crippen LogP contribution >= 0.6 is 47.8 Å². The van der Waals surface area contributed by atoms with Crippen molar-refractivity contribution in [1.82, 2.24) is 16.0 Å². The minimum absolute atomic E-state index is 0.0922. The van der Waals surface area contributed by atoms with E-state index in [4.69, 9.17) is 9.31 Å². The molecule has 1 saturated carbocycles. The van der Waals surface area contributed by atoms with Crippen LogP contribution in [0.1, 0.15) is 49.9 Å². The summed E-state index contributed by atoms with van der Waals surface area (Å²) in [5.41, 5.74) is 0.503. The van der Waals surface area contributed by atoms with Gasteiger partial charge in [0.2, 0.25) is 5.91 Å². The van der Waals surface area contributed by atoms with Gasteiger partial charge in [-0.05, 0) is 81.2 Å². The summed E-state index contributed by atoms with van der Waals surface area (Å²) in [4.78, 5) is 27.6. The molecule has 0 bridgehead atoms. The fourth-order valence-corrected chi connectivity index (χ4v) is 6.57. The van der Waals surface area contributed by atoms with Crippen LogP contribution in [0.3, 0.4) is 0 Å². The third-order valence-electron chi connectivity index (χ3n) is 6.86. The molecule has 2 aliphatic carbocycles. The van der Waals surface area contributed by atoms with Gasteiger partial charge >= 0.3 is 7.12 Å². The Morgan fingerprint density at radius 3 is 2.54 bits per heavy atom. The van der Waals surface area contributed by atoms with Crippen LogP contribution in [0.25, 0.3) is 0 Å². The zero-order valence-corrected chi connectivity index (χ0v) is 25.9. The number of rotatable bonds is 8. The van der Waals surface area contributed by atoms with E-state index in [1.807, 2.05) is 6.07 Å². The van der Waals surface area contributed by atoms with Crippen LogP contribution in [0.2, 0.25) is 0 Å². The average Bonchev–Trinajstić information content (AvgIpc) is 3.56. The minimum Gasteiger partial charge on any atom is -0.408 e. The van der Waals surface area contributed by atoms with Crippen molar-refractivity contribution in [1.29, 1.82) is 0 Å². The molecule has 3 atom stereocenters. The molecule has 200 valence electrons. The maximum Gasteiger partial charge on any atom is 0.480 e. The summed E-state index contributed by atoms with van der Waals surface area (Å²) in [6.07, 6.45) is 9.56. The first-order valence-electron chi connectivity index (χ1n) is 12.8. The minimum atomic E-state index is -1.04. The highest BCUT2D eigenvalue weighted by molar-refractivity contribution is 9.13. The number of halogens is 3. The summed E-state index contributed by atoms with van der Waals surface area (Å²) in [7, 11) is -0.539. The predicted octanol–water partition coefficient (Wildman–Crippen LogP) is 4.93. The first kappa shape index (κ1) is 29.0. The first-order valence-corrected chi connectivity index (χ1v) is 15.2. The van der Waals surface area contributed by atoms with Crippen LogP contribution in [0, 0.1) is 11.8 Å². The second kappa shape index (κ2) is 12.9. The molecule has 1 aromatic carbocycles. The number of nitrogens with one attached hydrogen (secondary N) is 3. The Bertz CT molecular complexity index is 1080. The highest BCUT2D eigenvalue weighted by Gasteiger charge is 2.62. The Morgan fingerprint density at radius 2 is 1.89 bits per heavy atom. The number of carbonyl (C=O) groups is 2. The van der Waals surface area contributed by atoms with E-state index in [-0.39, 0.29) is 23.7 Å². The number of hydrogen-bond donors (Lipinski definition) is 3. The summed E-state index contributed by atoms with van der Waals surface area (Å²) < 4.78 is 14.1. The van der Waals surface area contributed by atoms with Gasteiger partial charge in [-0.2, -0.15) is 0 Å². The maximum atomic E-state index is 14.0. The molecule has 0 spiro atoms. The molecule has 4 rings (SSSR count). The highest BCUT2D eigenvalue weighted by atomic mass is 79.9. The molecule has 3 aliphatic rings. The van der Waals surface area contributed by atoms with Gasteiger partial charge in [0.05, 0.1) is 11.5 Å². The maximum absolute atomic E-state index is 14.0. The zero-order valence-electron chi connectivity index (χ0n) is 21.1. The van der Waals surface area contributed by atoms with Gasteiger partial charge in [-0.15, -0.1) is 0 Å². The van der Waals surface area contributed by atoms with Gasteiger partial charge in [0.1, 0.15) is 5.54 Å². The van der Waals surface area contributed by atoms with Crippen LogP contribution in [-0.4, -0.2) is 56.7 Å². The van der Waals surface area contributed by atoms with Crippen molar-refractivity contribution in [3.8, 4) is 0 Å². The van der Waals surface area contributed by atoms with Crippen LogP contribution in [-0.2, 0) is 14.1 Å². The molecule has 2 fully saturated rings. The Kier molecular flexibility index (Phi) is 10.1. The molecule has 3 N–H and O–H groups in total. The van der Waals surface area contributed by atoms with Gasteiger partial charge in [0.15, 0.2) is 0 Å². The van der Waals surface area contributed by atoms with E-state index >= 15 is 0 Å². The van der Waals surface area contributed by atoms with E-state index in [9.17, 15) is 9.59 Å². The van der Waals surface area contributed by atoms with Crippen molar-refractivity contribution in [3.05, 3.63) is 54.9 Å². The molecular formula is C26H33BBr3N3O4. The van der Waals surface area contributed by atoms with Crippen LogP contribution in [0.4, 0.5) is 0 Å². The molecular weight excluding hydrogens is 669 g/mol. The summed E-state index contributed by atoms with van der Waals surface area (Å²) in [6.45, 7) is 6.71. The standard InChI is InChI=1S/C26H33BBr3N3O4/c1-16(2)12-22(27-36-10-8-31-9-11-37-27)32-25(35)26(15-20(26)17-6-4-3-5-7-17)33-24(34)19-13-18(28)14-21(29)23(19)30/h4,6-7,13-14,16,20,22,31H,3,5,8-12,15H2,1-2H3,(H,32,35)(H,33,34)/t20?,22-,26?/m0/s1. The number of amides is 2. The monoisotopic (exact) mass is 699 g/mol. The lowest BCUT2D eigenvalue weighted by Crippen LogP contribution is -2.58. The SMILES string of the molecule is CC(C)C[C@H](NC(=O)C1(NC(=O)c2cc(Br)cc(Br)c2Br)CC1C1=CCCC=C1)B1OCCNCCO1. The van der Waals surface area contributed by atoms with Crippen LogP contribution < -0.4 is 16.0 Å². The molecule has 0 aromatic heterocycles. The van der Waals surface area contributed by atoms with Crippen molar-refractivity contribution in [2.45, 2.75) is 51.0 Å². The normalized spacial score (nSPS) is 24.6. The van der Waals surface area contributed by atoms with Crippen molar-refractivity contribution < 1.29 is 18.9 Å². The van der Waals surface area contributed by atoms with Gasteiger partial charge in [0, 0.05) is 45.6 Å². The molecule has 2 amide bonds. The highest BCUT2D eigenvalue weighted by Crippen LogP contribution is 2.50. The number of hydrogen-bond acceptors (Lipinski definition) is 5. The molecule has 1 aliphatic heterocycles. The lowest BCUT2D eigenvalue weighted by Gasteiger charge is -2.30. The molecule has 1 heterocycles. The Hall–Kier alpha value is -0.975. The molecule has 0 radical (unpaired) electrons. The Balaban J connectivity index is 1.59. The third-order valence-corrected chi connectivity index (χ3v) is 9.33. The topological polar surface area (TPSA) is 88.7 Å². The third kappa shape index (κ3) is 7.16. The summed E-state index contributed by atoms with van der Waals surface area (Å²) in [5, 5.41) is 9.59. The van der Waals surface area contributed by atoms with E-state index < -0.39 is 12.7 Å². The van der Waals surface area contributed by atoms with E-state index in [0.29, 0.717) is 42.0 Å². The fourth-order valence-electron chi connectivity index (χ4n) is 4.94. The Labute approximate surface area is 244 Å². The lowest BCUT2D eigenvalue weighted by molar-refractivity contribution is -0.124. The van der Waals surface area contributed by atoms with Crippen molar-refractivity contribution >= 4 is 66.7 Å². The average molecular weight is 702 g/mol. The molecule has 11 heteroatoms. The van der Waals surface area contributed by atoms with Gasteiger partial charge in [-0.1, -0.05) is 48.0 Å². The second-order valence-electron chi connectivity index (χ2n) is 10.2. The van der Waals surface area contributed by atoms with Gasteiger partial charge in [-0.3, -0.25) is 9.59 Å². The molecule has 1 saturated heterocycles. The zero-order chi connectivity index (χ0) is 26.6. The van der Waals surface area contributed by atoms with Crippen molar-refractivity contribution in [2.75, 3.05) is 26.3 Å². The molecule has 2 unspecified atom stereocenters. The number of allylic oxidation sites excluding steroid dienone is 3. The van der Waals surface area contributed by atoms with E-state index in [1.54, 1.807) is 6.07 Å². The fraction of sp³-hybridized carbons (Fsp3) is 0.538. The summed E-state index contributed by atoms with van der Waals surface area (Å²) in [5.74, 6) is -0.611. The van der Waals surface area contributed by atoms with Crippen molar-refractivity contribution in [2.24, 2.45) is 11.8 Å². The van der Waals surface area contributed by atoms with Gasteiger partial charge in [-0.25, -0.2) is 0 Å². The van der Waals surface area contributed by atoms with E-state index in [2.05, 4.69) is 95.8 Å². The van der Waals surface area contributed by atoms with Crippen LogP contribution in [0.15, 0.2) is 49.4 Å². The van der Waals surface area contributed by atoms with Crippen LogP contribution in [0.5, 0.6) is 0 Å². The summed E-state index contributed by atoms with van der Waals surface area (Å²) in [6, 6.07) is 3.61. The number of carbonyl (C=O) groups excluding carboxylic acids is 2. The second-order valence-corrected chi connectivity index (χ2v) is 12.7. The quantitative estimate of drug-likeness (QED) is 0.264. The smallest absolute Gasteiger partial charge is 0.408 e. The van der Waals surface area contributed by atoms with Gasteiger partial charge < -0.3 is 25.3 Å².